The van der Waals surface area contributed by atoms with Crippen LogP contribution in [0.4, 0.5) is 0 Å². The van der Waals surface area contributed by atoms with Crippen LogP contribution in [-0.2, 0) is 32.8 Å². The Morgan fingerprint density at radius 3 is 1.79 bits per heavy atom. The van der Waals surface area contributed by atoms with E-state index < -0.39 is 50.6 Å². The Morgan fingerprint density at radius 2 is 1.33 bits per heavy atom. The molecule has 0 aromatic heterocycles. The van der Waals surface area contributed by atoms with Crippen LogP contribution in [0.25, 0.3) is 0 Å². The van der Waals surface area contributed by atoms with Crippen LogP contribution in [0.3, 0.4) is 0 Å². The maximum atomic E-state index is 11.9. The monoisotopic (exact) mass is 598 g/mol. The summed E-state index contributed by atoms with van der Waals surface area (Å²) < 4.78 is 45.7. The first kappa shape index (κ1) is 30.4. The van der Waals surface area contributed by atoms with Crippen LogP contribution in [-0.4, -0.2) is 82.6 Å². The number of aliphatic hydroxyl groups excluding tert-OH is 1. The van der Waals surface area contributed by atoms with Crippen LogP contribution in [0, 0.1) is 0 Å². The van der Waals surface area contributed by atoms with Gasteiger partial charge in [-0.25, -0.2) is 0 Å². The van der Waals surface area contributed by atoms with Crippen LogP contribution in [0.1, 0.15) is 59.3 Å². The van der Waals surface area contributed by atoms with Gasteiger partial charge in [0.25, 0.3) is 8.32 Å². The lowest BCUT2D eigenvalue weighted by Gasteiger charge is -2.60. The standard InChI is InChI=1S/C33H46O8Si/c1-31(2,3)42(24-15-7-5-8-16-24,25-17-9-6-10-18-25)38-23-26-27(34)28-29(30(35-4)39-26)41-33(20-12-14-22-37-33)32(40-28)19-11-13-21-36-32/h5-10,15-18,26-30,34H,11-14,19-23H2,1-4H3/t26-,27-,28+,29-,30+,32-,33-/m1/s1. The van der Waals surface area contributed by atoms with Gasteiger partial charge in [0.15, 0.2) is 6.29 Å². The van der Waals surface area contributed by atoms with Crippen LogP contribution < -0.4 is 10.4 Å². The van der Waals surface area contributed by atoms with Crippen molar-refractivity contribution in [2.75, 3.05) is 26.9 Å². The molecule has 4 aliphatic heterocycles. The normalized spacial score (nSPS) is 35.7. The van der Waals surface area contributed by atoms with E-state index in [2.05, 4.69) is 69.3 Å². The molecule has 2 aromatic rings. The van der Waals surface area contributed by atoms with E-state index in [4.69, 9.17) is 32.8 Å². The van der Waals surface area contributed by atoms with Crippen molar-refractivity contribution in [3.05, 3.63) is 60.7 Å². The maximum absolute atomic E-state index is 11.9. The van der Waals surface area contributed by atoms with E-state index >= 15 is 0 Å². The molecule has 0 unspecified atom stereocenters. The van der Waals surface area contributed by atoms with E-state index in [1.54, 1.807) is 7.11 Å². The van der Waals surface area contributed by atoms with E-state index in [1.807, 2.05) is 12.1 Å². The van der Waals surface area contributed by atoms with Crippen molar-refractivity contribution in [3.8, 4) is 0 Å². The molecule has 0 amide bonds. The SMILES string of the molecule is CO[C@H]1O[C@H](CO[Si](c2ccccc2)(c2ccccc2)C(C)(C)C)[C@@H](O)[C@@H]2O[C@]3(CCCCO3)[C@@]3(CCCCO3)O[C@@H]12. The molecule has 4 aliphatic rings. The van der Waals surface area contributed by atoms with E-state index in [0.717, 1.165) is 25.7 Å². The average Bonchev–Trinajstić information content (AvgIpc) is 3.01. The number of hydrogen-bond donors (Lipinski definition) is 1. The van der Waals surface area contributed by atoms with Crippen molar-refractivity contribution in [3.63, 3.8) is 0 Å². The molecule has 230 valence electrons. The Bertz CT molecular complexity index is 1120. The van der Waals surface area contributed by atoms with E-state index in [1.165, 1.54) is 10.4 Å². The zero-order chi connectivity index (χ0) is 29.4. The molecule has 6 rings (SSSR count). The molecule has 2 aromatic carbocycles. The Kier molecular flexibility index (Phi) is 8.69. The lowest BCUT2D eigenvalue weighted by atomic mass is 9.86. The topological polar surface area (TPSA) is 84.8 Å². The molecule has 0 saturated carbocycles. The van der Waals surface area contributed by atoms with Gasteiger partial charge in [0.2, 0.25) is 11.6 Å². The fourth-order valence-electron chi connectivity index (χ4n) is 7.39. The van der Waals surface area contributed by atoms with Gasteiger partial charge in [-0.05, 0) is 41.1 Å². The average molecular weight is 599 g/mol. The van der Waals surface area contributed by atoms with Gasteiger partial charge in [-0.2, -0.15) is 0 Å². The van der Waals surface area contributed by atoms with Crippen molar-refractivity contribution < 1.29 is 38.0 Å². The molecule has 0 aliphatic carbocycles. The summed E-state index contributed by atoms with van der Waals surface area (Å²) >= 11 is 0. The van der Waals surface area contributed by atoms with Gasteiger partial charge in [-0.1, -0.05) is 81.4 Å². The minimum Gasteiger partial charge on any atom is -0.405 e. The van der Waals surface area contributed by atoms with Crippen molar-refractivity contribution in [2.24, 2.45) is 0 Å². The van der Waals surface area contributed by atoms with Crippen molar-refractivity contribution >= 4 is 18.7 Å². The first-order valence-electron chi connectivity index (χ1n) is 15.5. The summed E-state index contributed by atoms with van der Waals surface area (Å²) in [4.78, 5) is 0. The van der Waals surface area contributed by atoms with Crippen molar-refractivity contribution in [1.82, 2.24) is 0 Å². The number of ether oxygens (including phenoxy) is 6. The third-order valence-electron chi connectivity index (χ3n) is 9.44. The third-order valence-corrected chi connectivity index (χ3v) is 14.4. The van der Waals surface area contributed by atoms with Gasteiger partial charge in [0, 0.05) is 20.0 Å². The third kappa shape index (κ3) is 5.10. The number of hydrogen-bond acceptors (Lipinski definition) is 8. The lowest BCUT2D eigenvalue weighted by molar-refractivity contribution is -0.508. The molecule has 4 fully saturated rings. The molecular formula is C33H46O8Si. The molecule has 1 N–H and O–H groups in total. The number of rotatable bonds is 6. The molecule has 42 heavy (non-hydrogen) atoms. The highest BCUT2D eigenvalue weighted by Gasteiger charge is 2.67. The minimum atomic E-state index is -2.86. The van der Waals surface area contributed by atoms with Crippen LogP contribution in [0.15, 0.2) is 60.7 Å². The predicted molar refractivity (Wildman–Crippen MR) is 160 cm³/mol. The highest BCUT2D eigenvalue weighted by atomic mass is 28.4. The molecule has 2 spiro atoms. The minimum absolute atomic E-state index is 0.163. The number of fused-ring (bicyclic) bond motifs is 2. The van der Waals surface area contributed by atoms with Crippen LogP contribution in [0.5, 0.6) is 0 Å². The first-order valence-corrected chi connectivity index (χ1v) is 17.4. The van der Waals surface area contributed by atoms with Crippen molar-refractivity contribution in [2.45, 2.75) is 107 Å². The lowest BCUT2D eigenvalue weighted by Crippen LogP contribution is -2.76. The maximum Gasteiger partial charge on any atom is 0.261 e. The predicted octanol–water partition coefficient (Wildman–Crippen LogP) is 3.87. The number of methoxy groups -OCH3 is 1. The van der Waals surface area contributed by atoms with Gasteiger partial charge in [-0.3, -0.25) is 0 Å². The van der Waals surface area contributed by atoms with E-state index in [9.17, 15) is 5.11 Å². The number of benzene rings is 2. The Morgan fingerprint density at radius 1 is 0.810 bits per heavy atom. The van der Waals surface area contributed by atoms with Gasteiger partial charge in [0.1, 0.15) is 24.4 Å². The second kappa shape index (κ2) is 12.0. The molecule has 8 nitrogen and oxygen atoms in total. The fraction of sp³-hybridized carbons (Fsp3) is 0.636. The summed E-state index contributed by atoms with van der Waals surface area (Å²) in [5, 5.41) is 14.0. The molecule has 7 atom stereocenters. The summed E-state index contributed by atoms with van der Waals surface area (Å²) in [6.45, 7) is 8.00. The largest absolute Gasteiger partial charge is 0.405 e. The second-order valence-corrected chi connectivity index (χ2v) is 17.3. The van der Waals surface area contributed by atoms with E-state index in [0.29, 0.717) is 26.1 Å². The molecule has 9 heteroatoms. The van der Waals surface area contributed by atoms with Crippen LogP contribution >= 0.6 is 0 Å². The second-order valence-electron chi connectivity index (χ2n) is 13.0. The van der Waals surface area contributed by atoms with Gasteiger partial charge in [-0.15, -0.1) is 0 Å². The van der Waals surface area contributed by atoms with Crippen LogP contribution in [0.2, 0.25) is 5.04 Å². The summed E-state index contributed by atoms with van der Waals surface area (Å²) in [6.07, 6.45) is 1.19. The highest BCUT2D eigenvalue weighted by Crippen LogP contribution is 2.51. The number of aliphatic hydroxyl groups is 1. The zero-order valence-electron chi connectivity index (χ0n) is 25.3. The summed E-state index contributed by atoms with van der Waals surface area (Å²) in [6, 6.07) is 20.9. The molecule has 4 saturated heterocycles. The first-order chi connectivity index (χ1) is 20.3. The smallest absolute Gasteiger partial charge is 0.261 e. The van der Waals surface area contributed by atoms with Gasteiger partial charge < -0.3 is 38.0 Å². The van der Waals surface area contributed by atoms with Crippen molar-refractivity contribution in [1.29, 1.82) is 0 Å². The molecular weight excluding hydrogens is 552 g/mol. The van der Waals surface area contributed by atoms with Gasteiger partial charge in [0.05, 0.1) is 19.8 Å². The Hall–Kier alpha value is -1.66. The Balaban J connectivity index is 1.32. The van der Waals surface area contributed by atoms with E-state index in [-0.39, 0.29) is 11.6 Å². The summed E-state index contributed by atoms with van der Waals surface area (Å²) in [5.41, 5.74) is 0. The molecule has 0 bridgehead atoms. The quantitative estimate of drug-likeness (QED) is 0.502. The molecule has 0 radical (unpaired) electrons. The highest BCUT2D eigenvalue weighted by molar-refractivity contribution is 6.99. The molecule has 4 heterocycles. The summed E-state index contributed by atoms with van der Waals surface area (Å²) in [5.74, 6) is -2.13. The zero-order valence-corrected chi connectivity index (χ0v) is 26.3. The van der Waals surface area contributed by atoms with Gasteiger partial charge >= 0.3 is 0 Å². The summed E-state index contributed by atoms with van der Waals surface area (Å²) in [7, 11) is -1.26. The fourth-order valence-corrected chi connectivity index (χ4v) is 12.0. The Labute approximate surface area is 250 Å².